The van der Waals surface area contributed by atoms with E-state index < -0.39 is 10.0 Å². The van der Waals surface area contributed by atoms with Gasteiger partial charge in [-0.15, -0.1) is 11.3 Å². The maximum absolute atomic E-state index is 12.4. The van der Waals surface area contributed by atoms with Crippen molar-refractivity contribution in [1.82, 2.24) is 10.0 Å². The van der Waals surface area contributed by atoms with Crippen molar-refractivity contribution in [2.45, 2.75) is 69.3 Å². The Morgan fingerprint density at radius 1 is 1.29 bits per heavy atom. The molecule has 1 saturated carbocycles. The molecule has 0 radical (unpaired) electrons. The minimum atomic E-state index is -3.39. The standard InChI is InChI=1S/C15H26N2O2S2/c1-4-12(5-2)11(3)17-21(18,19)15-9-8-14(20-15)10-16-13-6-7-13/h8-9,11-13,16-17H,4-7,10H2,1-3H3. The van der Waals surface area contributed by atoms with E-state index in [1.807, 2.05) is 13.0 Å². The molecule has 4 nitrogen and oxygen atoms in total. The molecule has 6 heteroatoms. The number of hydrogen-bond acceptors (Lipinski definition) is 4. The van der Waals surface area contributed by atoms with Crippen molar-refractivity contribution in [3.63, 3.8) is 0 Å². The summed E-state index contributed by atoms with van der Waals surface area (Å²) in [5.74, 6) is 0.385. The van der Waals surface area contributed by atoms with Crippen molar-refractivity contribution >= 4 is 21.4 Å². The summed E-state index contributed by atoms with van der Waals surface area (Å²) in [6.07, 6.45) is 4.46. The van der Waals surface area contributed by atoms with E-state index in [0.717, 1.165) is 24.3 Å². The molecule has 0 bridgehead atoms. The predicted octanol–water partition coefficient (Wildman–Crippen LogP) is 3.10. The van der Waals surface area contributed by atoms with Crippen LogP contribution in [0.5, 0.6) is 0 Å². The minimum absolute atomic E-state index is 0.0276. The quantitative estimate of drug-likeness (QED) is 0.731. The largest absolute Gasteiger partial charge is 0.309 e. The maximum Gasteiger partial charge on any atom is 0.250 e. The summed E-state index contributed by atoms with van der Waals surface area (Å²) in [6.45, 7) is 6.93. The molecule has 1 aromatic heterocycles. The lowest BCUT2D eigenvalue weighted by Crippen LogP contribution is -2.37. The van der Waals surface area contributed by atoms with Gasteiger partial charge in [0.25, 0.3) is 0 Å². The summed E-state index contributed by atoms with van der Waals surface area (Å²) in [5, 5.41) is 3.41. The van der Waals surface area contributed by atoms with Crippen LogP contribution >= 0.6 is 11.3 Å². The van der Waals surface area contributed by atoms with Crippen molar-refractivity contribution in [1.29, 1.82) is 0 Å². The molecule has 0 spiro atoms. The molecule has 1 heterocycles. The van der Waals surface area contributed by atoms with E-state index in [1.54, 1.807) is 6.07 Å². The lowest BCUT2D eigenvalue weighted by atomic mass is 9.96. The van der Waals surface area contributed by atoms with Crippen LogP contribution in [0.2, 0.25) is 0 Å². The molecule has 0 aliphatic heterocycles. The summed E-state index contributed by atoms with van der Waals surface area (Å²) in [7, 11) is -3.39. The fourth-order valence-electron chi connectivity index (χ4n) is 2.52. The first-order chi connectivity index (χ1) is 9.96. The second-order valence-corrected chi connectivity index (χ2v) is 8.97. The van der Waals surface area contributed by atoms with Crippen molar-refractivity contribution in [2.24, 2.45) is 5.92 Å². The van der Waals surface area contributed by atoms with Crippen molar-refractivity contribution in [3.05, 3.63) is 17.0 Å². The molecule has 2 rings (SSSR count). The van der Waals surface area contributed by atoms with Crippen LogP contribution in [-0.4, -0.2) is 20.5 Å². The zero-order valence-corrected chi connectivity index (χ0v) is 14.7. The smallest absolute Gasteiger partial charge is 0.250 e. The fourth-order valence-corrected chi connectivity index (χ4v) is 5.16. The molecule has 1 atom stereocenters. The van der Waals surface area contributed by atoms with Crippen molar-refractivity contribution in [3.8, 4) is 0 Å². The number of hydrogen-bond donors (Lipinski definition) is 2. The Labute approximate surface area is 132 Å². The van der Waals surface area contributed by atoms with E-state index in [-0.39, 0.29) is 6.04 Å². The monoisotopic (exact) mass is 330 g/mol. The number of sulfonamides is 1. The minimum Gasteiger partial charge on any atom is -0.309 e. The number of thiophene rings is 1. The average molecular weight is 331 g/mol. The molecule has 1 aromatic rings. The lowest BCUT2D eigenvalue weighted by molar-refractivity contribution is 0.391. The van der Waals surface area contributed by atoms with Crippen molar-refractivity contribution < 1.29 is 8.42 Å². The van der Waals surface area contributed by atoms with E-state index in [2.05, 4.69) is 23.9 Å². The summed E-state index contributed by atoms with van der Waals surface area (Å²) in [6, 6.07) is 4.24. The van der Waals surface area contributed by atoms with E-state index in [9.17, 15) is 8.42 Å². The van der Waals surface area contributed by atoms with Crippen LogP contribution in [-0.2, 0) is 16.6 Å². The molecule has 21 heavy (non-hydrogen) atoms. The van der Waals surface area contributed by atoms with E-state index in [1.165, 1.54) is 24.2 Å². The predicted molar refractivity (Wildman–Crippen MR) is 88.0 cm³/mol. The summed E-state index contributed by atoms with van der Waals surface area (Å²) in [4.78, 5) is 1.08. The van der Waals surface area contributed by atoms with Crippen LogP contribution in [0.3, 0.4) is 0 Å². The van der Waals surface area contributed by atoms with E-state index in [0.29, 0.717) is 16.2 Å². The fraction of sp³-hybridized carbons (Fsp3) is 0.733. The topological polar surface area (TPSA) is 58.2 Å². The Bertz CT molecular complexity index is 546. The maximum atomic E-state index is 12.4. The normalized spacial score (nSPS) is 17.3. The second-order valence-electron chi connectivity index (χ2n) is 5.86. The Morgan fingerprint density at radius 3 is 2.52 bits per heavy atom. The van der Waals surface area contributed by atoms with Crippen LogP contribution in [0.4, 0.5) is 0 Å². The molecule has 0 aromatic carbocycles. The van der Waals surface area contributed by atoms with Gasteiger partial charge >= 0.3 is 0 Å². The Kier molecular flexibility index (Phi) is 5.82. The average Bonchev–Trinajstić information content (AvgIpc) is 3.13. The van der Waals surface area contributed by atoms with Gasteiger partial charge in [-0.2, -0.15) is 0 Å². The molecule has 1 aliphatic rings. The highest BCUT2D eigenvalue weighted by Crippen LogP contribution is 2.25. The van der Waals surface area contributed by atoms with Gasteiger partial charge in [0.15, 0.2) is 0 Å². The summed E-state index contributed by atoms with van der Waals surface area (Å²) in [5.41, 5.74) is 0. The van der Waals surface area contributed by atoms with Gasteiger partial charge in [-0.05, 0) is 37.8 Å². The van der Waals surface area contributed by atoms with Crippen LogP contribution in [0.1, 0.15) is 51.3 Å². The van der Waals surface area contributed by atoms with Crippen LogP contribution in [0.15, 0.2) is 16.3 Å². The van der Waals surface area contributed by atoms with Gasteiger partial charge in [-0.25, -0.2) is 13.1 Å². The third-order valence-electron chi connectivity index (χ3n) is 4.14. The first kappa shape index (κ1) is 16.9. The molecule has 0 saturated heterocycles. The zero-order valence-electron chi connectivity index (χ0n) is 13.1. The molecule has 1 unspecified atom stereocenters. The third kappa shape index (κ3) is 4.77. The molecule has 0 amide bonds. The van der Waals surface area contributed by atoms with Gasteiger partial charge in [0.1, 0.15) is 4.21 Å². The van der Waals surface area contributed by atoms with Gasteiger partial charge < -0.3 is 5.32 Å². The summed E-state index contributed by atoms with van der Waals surface area (Å²) >= 11 is 1.37. The molecule has 1 fully saturated rings. The molecular weight excluding hydrogens is 304 g/mol. The van der Waals surface area contributed by atoms with Gasteiger partial charge in [-0.3, -0.25) is 0 Å². The molecule has 1 aliphatic carbocycles. The SMILES string of the molecule is CCC(CC)C(C)NS(=O)(=O)c1ccc(CNC2CC2)s1. The van der Waals surface area contributed by atoms with Gasteiger partial charge in [-0.1, -0.05) is 26.7 Å². The second kappa shape index (κ2) is 7.22. The number of rotatable bonds is 9. The van der Waals surface area contributed by atoms with Crippen molar-refractivity contribution in [2.75, 3.05) is 0 Å². The Balaban J connectivity index is 1.97. The highest BCUT2D eigenvalue weighted by atomic mass is 32.2. The molecule has 2 N–H and O–H groups in total. The van der Waals surface area contributed by atoms with Crippen LogP contribution in [0.25, 0.3) is 0 Å². The highest BCUT2D eigenvalue weighted by Gasteiger charge is 2.24. The molecular formula is C15H26N2O2S2. The van der Waals surface area contributed by atoms with E-state index >= 15 is 0 Å². The lowest BCUT2D eigenvalue weighted by Gasteiger charge is -2.21. The first-order valence-electron chi connectivity index (χ1n) is 7.80. The Hall–Kier alpha value is -0.430. The first-order valence-corrected chi connectivity index (χ1v) is 10.1. The zero-order chi connectivity index (χ0) is 15.5. The van der Waals surface area contributed by atoms with Gasteiger partial charge in [0, 0.05) is 23.5 Å². The number of nitrogens with one attached hydrogen (secondary N) is 2. The molecule has 120 valence electrons. The van der Waals surface area contributed by atoms with E-state index in [4.69, 9.17) is 0 Å². The van der Waals surface area contributed by atoms with Crippen LogP contribution < -0.4 is 10.0 Å². The van der Waals surface area contributed by atoms with Gasteiger partial charge in [0.2, 0.25) is 10.0 Å². The Morgan fingerprint density at radius 2 is 1.95 bits per heavy atom. The van der Waals surface area contributed by atoms with Gasteiger partial charge in [0.05, 0.1) is 0 Å². The van der Waals surface area contributed by atoms with Crippen LogP contribution in [0, 0.1) is 5.92 Å². The highest BCUT2D eigenvalue weighted by molar-refractivity contribution is 7.91. The summed E-state index contributed by atoms with van der Waals surface area (Å²) < 4.78 is 28.1. The third-order valence-corrected chi connectivity index (χ3v) is 7.28.